The van der Waals surface area contributed by atoms with Crippen LogP contribution in [0.1, 0.15) is 37.8 Å². The average Bonchev–Trinajstić information content (AvgIpc) is 2.56. The van der Waals surface area contributed by atoms with Crippen LogP contribution in [0.5, 0.6) is 0 Å². The van der Waals surface area contributed by atoms with E-state index in [1.54, 1.807) is 34.6 Å². The van der Waals surface area contributed by atoms with Gasteiger partial charge in [0.15, 0.2) is 0 Å². The summed E-state index contributed by atoms with van der Waals surface area (Å²) in [4.78, 5) is 22.9. The van der Waals surface area contributed by atoms with Crippen molar-refractivity contribution in [1.82, 2.24) is 10.5 Å². The van der Waals surface area contributed by atoms with E-state index in [0.29, 0.717) is 17.0 Å². The molecule has 7 nitrogen and oxygen atoms in total. The number of carbonyl (C=O) groups is 2. The van der Waals surface area contributed by atoms with Crippen molar-refractivity contribution in [3.05, 3.63) is 17.0 Å². The standard InChI is InChI=1S/C13H20N2O5/c1-7-9(8(2)20-15-7)6-10(11(16)17)14-12(18)19-13(3,4)5/h10H,6H2,1-5H3,(H,14,18)(H,16,17). The largest absolute Gasteiger partial charge is 0.480 e. The zero-order valence-corrected chi connectivity index (χ0v) is 12.3. The molecule has 0 radical (unpaired) electrons. The first-order valence-corrected chi connectivity index (χ1v) is 6.24. The Hall–Kier alpha value is -2.05. The third kappa shape index (κ3) is 4.56. The highest BCUT2D eigenvalue weighted by Gasteiger charge is 2.26. The summed E-state index contributed by atoms with van der Waals surface area (Å²) < 4.78 is 10.0. The van der Waals surface area contributed by atoms with E-state index in [9.17, 15) is 14.7 Å². The Morgan fingerprint density at radius 3 is 2.40 bits per heavy atom. The van der Waals surface area contributed by atoms with Crippen LogP contribution in [0, 0.1) is 13.8 Å². The maximum atomic E-state index is 11.6. The molecule has 7 heteroatoms. The molecule has 1 atom stereocenters. The molecule has 0 fully saturated rings. The van der Waals surface area contributed by atoms with E-state index in [-0.39, 0.29) is 6.42 Å². The number of aryl methyl sites for hydroxylation is 2. The van der Waals surface area contributed by atoms with Crippen molar-refractivity contribution in [3.8, 4) is 0 Å². The van der Waals surface area contributed by atoms with Crippen LogP contribution in [-0.4, -0.2) is 34.0 Å². The fraction of sp³-hybridized carbons (Fsp3) is 0.615. The third-order valence-electron chi connectivity index (χ3n) is 2.58. The first-order valence-electron chi connectivity index (χ1n) is 6.24. The Morgan fingerprint density at radius 2 is 2.00 bits per heavy atom. The molecule has 112 valence electrons. The molecule has 2 N–H and O–H groups in total. The highest BCUT2D eigenvalue weighted by Crippen LogP contribution is 2.15. The molecule has 1 aromatic heterocycles. The SMILES string of the molecule is Cc1noc(C)c1CC(NC(=O)OC(C)(C)C)C(=O)O. The van der Waals surface area contributed by atoms with Gasteiger partial charge in [0, 0.05) is 12.0 Å². The molecule has 1 heterocycles. The van der Waals surface area contributed by atoms with Gasteiger partial charge in [0.2, 0.25) is 0 Å². The minimum atomic E-state index is -1.14. The van der Waals surface area contributed by atoms with Crippen molar-refractivity contribution in [2.45, 2.75) is 52.7 Å². The Bertz CT molecular complexity index is 482. The van der Waals surface area contributed by atoms with Gasteiger partial charge in [-0.05, 0) is 34.6 Å². The van der Waals surface area contributed by atoms with Crippen molar-refractivity contribution in [2.24, 2.45) is 0 Å². The summed E-state index contributed by atoms with van der Waals surface area (Å²) >= 11 is 0. The number of amides is 1. The molecular weight excluding hydrogens is 264 g/mol. The van der Waals surface area contributed by atoms with Gasteiger partial charge in [-0.3, -0.25) is 0 Å². The predicted octanol–water partition coefficient (Wildman–Crippen LogP) is 1.81. The molecule has 0 saturated carbocycles. The number of aromatic nitrogens is 1. The first kappa shape index (κ1) is 16.0. The van der Waals surface area contributed by atoms with Gasteiger partial charge in [-0.2, -0.15) is 0 Å². The predicted molar refractivity (Wildman–Crippen MR) is 70.5 cm³/mol. The second-order valence-electron chi connectivity index (χ2n) is 5.54. The van der Waals surface area contributed by atoms with Crippen molar-refractivity contribution >= 4 is 12.1 Å². The van der Waals surface area contributed by atoms with Crippen LogP contribution in [0.25, 0.3) is 0 Å². The van der Waals surface area contributed by atoms with Gasteiger partial charge in [0.05, 0.1) is 5.69 Å². The molecule has 0 aromatic carbocycles. The van der Waals surface area contributed by atoms with Crippen molar-refractivity contribution in [2.75, 3.05) is 0 Å². The highest BCUT2D eigenvalue weighted by atomic mass is 16.6. The zero-order valence-electron chi connectivity index (χ0n) is 12.3. The number of alkyl carbamates (subject to hydrolysis) is 1. The molecule has 0 saturated heterocycles. The van der Waals surface area contributed by atoms with E-state index in [1.165, 1.54) is 0 Å². The number of carboxylic acid groups (broad SMARTS) is 1. The fourth-order valence-corrected chi connectivity index (χ4v) is 1.65. The van der Waals surface area contributed by atoms with Crippen LogP contribution in [0.3, 0.4) is 0 Å². The second-order valence-corrected chi connectivity index (χ2v) is 5.54. The van der Waals surface area contributed by atoms with Crippen LogP contribution in [0.2, 0.25) is 0 Å². The zero-order chi connectivity index (χ0) is 15.5. The van der Waals surface area contributed by atoms with Gasteiger partial charge in [-0.1, -0.05) is 5.16 Å². The summed E-state index contributed by atoms with van der Waals surface area (Å²) in [5.41, 5.74) is 0.601. The second kappa shape index (κ2) is 5.94. The smallest absolute Gasteiger partial charge is 0.408 e. The van der Waals surface area contributed by atoms with Gasteiger partial charge in [-0.15, -0.1) is 0 Å². The number of nitrogens with one attached hydrogen (secondary N) is 1. The van der Waals surface area contributed by atoms with Crippen molar-refractivity contribution in [3.63, 3.8) is 0 Å². The minimum Gasteiger partial charge on any atom is -0.480 e. The number of carbonyl (C=O) groups excluding carboxylic acids is 1. The highest BCUT2D eigenvalue weighted by molar-refractivity contribution is 5.80. The number of rotatable bonds is 4. The lowest BCUT2D eigenvalue weighted by Gasteiger charge is -2.22. The maximum Gasteiger partial charge on any atom is 0.408 e. The van der Waals surface area contributed by atoms with Crippen LogP contribution in [0.4, 0.5) is 4.79 Å². The van der Waals surface area contributed by atoms with E-state index in [4.69, 9.17) is 9.26 Å². The Labute approximate surface area is 117 Å². The molecule has 1 amide bonds. The van der Waals surface area contributed by atoms with Crippen molar-refractivity contribution in [1.29, 1.82) is 0 Å². The Kier molecular flexibility index (Phi) is 4.75. The summed E-state index contributed by atoms with van der Waals surface area (Å²) in [5.74, 6) is -0.601. The fourth-order valence-electron chi connectivity index (χ4n) is 1.65. The van der Waals surface area contributed by atoms with E-state index in [2.05, 4.69) is 10.5 Å². The molecule has 20 heavy (non-hydrogen) atoms. The van der Waals surface area contributed by atoms with Gasteiger partial charge < -0.3 is 19.7 Å². The van der Waals surface area contributed by atoms with E-state index < -0.39 is 23.7 Å². The Balaban J connectivity index is 2.76. The lowest BCUT2D eigenvalue weighted by atomic mass is 10.0. The van der Waals surface area contributed by atoms with Gasteiger partial charge in [-0.25, -0.2) is 9.59 Å². The number of carboxylic acids is 1. The molecular formula is C13H20N2O5. The number of hydrogen-bond donors (Lipinski definition) is 2. The lowest BCUT2D eigenvalue weighted by Crippen LogP contribution is -2.44. The summed E-state index contributed by atoms with van der Waals surface area (Å²) in [6, 6.07) is -1.10. The van der Waals surface area contributed by atoms with E-state index >= 15 is 0 Å². The molecule has 0 aliphatic heterocycles. The average molecular weight is 284 g/mol. The normalized spacial score (nSPS) is 12.8. The number of hydrogen-bond acceptors (Lipinski definition) is 5. The van der Waals surface area contributed by atoms with Gasteiger partial charge in [0.1, 0.15) is 17.4 Å². The van der Waals surface area contributed by atoms with Crippen LogP contribution in [0.15, 0.2) is 4.52 Å². The molecule has 1 aromatic rings. The third-order valence-corrected chi connectivity index (χ3v) is 2.58. The van der Waals surface area contributed by atoms with E-state index in [1.807, 2.05) is 0 Å². The van der Waals surface area contributed by atoms with Gasteiger partial charge >= 0.3 is 12.1 Å². The summed E-state index contributed by atoms with van der Waals surface area (Å²) in [6.07, 6.45) is -0.674. The van der Waals surface area contributed by atoms with Crippen LogP contribution < -0.4 is 5.32 Å². The first-order chi connectivity index (χ1) is 9.10. The Morgan fingerprint density at radius 1 is 1.40 bits per heavy atom. The minimum absolute atomic E-state index is 0.0930. The maximum absolute atomic E-state index is 11.6. The van der Waals surface area contributed by atoms with Gasteiger partial charge in [0.25, 0.3) is 0 Å². The number of ether oxygens (including phenoxy) is 1. The monoisotopic (exact) mass is 284 g/mol. The molecule has 0 spiro atoms. The molecule has 0 bridgehead atoms. The number of nitrogens with zero attached hydrogens (tertiary/aromatic N) is 1. The van der Waals surface area contributed by atoms with E-state index in [0.717, 1.165) is 0 Å². The molecule has 0 aliphatic rings. The molecule has 1 unspecified atom stereocenters. The lowest BCUT2D eigenvalue weighted by molar-refractivity contribution is -0.139. The van der Waals surface area contributed by atoms with Crippen LogP contribution in [-0.2, 0) is 16.0 Å². The van der Waals surface area contributed by atoms with Crippen LogP contribution >= 0.6 is 0 Å². The molecule has 0 aliphatic carbocycles. The molecule has 1 rings (SSSR count). The number of aliphatic carboxylic acids is 1. The van der Waals surface area contributed by atoms with Crippen molar-refractivity contribution < 1.29 is 24.0 Å². The topological polar surface area (TPSA) is 102 Å². The summed E-state index contributed by atoms with van der Waals surface area (Å²) in [5, 5.41) is 15.3. The summed E-state index contributed by atoms with van der Waals surface area (Å²) in [7, 11) is 0. The quantitative estimate of drug-likeness (QED) is 0.874. The summed E-state index contributed by atoms with van der Waals surface area (Å²) in [6.45, 7) is 8.53.